The number of nitrogens with one attached hydrogen (secondary N) is 1. The molecule has 1 N–H and O–H groups in total. The Morgan fingerprint density at radius 3 is 2.64 bits per heavy atom. The predicted octanol–water partition coefficient (Wildman–Crippen LogP) is 2.56. The molecular weight excluding hydrogens is 357 g/mol. The van der Waals surface area contributed by atoms with Crippen molar-refractivity contribution in [2.45, 2.75) is 32.6 Å². The van der Waals surface area contributed by atoms with Crippen molar-refractivity contribution in [1.29, 1.82) is 0 Å². The molecule has 28 heavy (non-hydrogen) atoms. The van der Waals surface area contributed by atoms with Crippen LogP contribution in [0, 0.1) is 12.7 Å². The highest BCUT2D eigenvalue weighted by Gasteiger charge is 2.25. The Morgan fingerprint density at radius 2 is 1.86 bits per heavy atom. The van der Waals surface area contributed by atoms with E-state index in [9.17, 15) is 9.18 Å². The van der Waals surface area contributed by atoms with Crippen LogP contribution in [0.1, 0.15) is 29.9 Å². The van der Waals surface area contributed by atoms with Crippen LogP contribution < -0.4 is 10.2 Å². The minimum atomic E-state index is -0.412. The van der Waals surface area contributed by atoms with E-state index in [4.69, 9.17) is 4.98 Å². The van der Waals surface area contributed by atoms with Gasteiger partial charge in [0.2, 0.25) is 5.91 Å². The number of carbonyl (C=O) groups is 1. The molecular formula is C21H26FN5O. The monoisotopic (exact) mass is 383 g/mol. The van der Waals surface area contributed by atoms with Crippen LogP contribution in [0.15, 0.2) is 24.3 Å². The van der Waals surface area contributed by atoms with Gasteiger partial charge in [-0.15, -0.1) is 0 Å². The van der Waals surface area contributed by atoms with Crippen LogP contribution in [0.5, 0.6) is 0 Å². The zero-order valence-electron chi connectivity index (χ0n) is 16.2. The number of anilines is 2. The van der Waals surface area contributed by atoms with Gasteiger partial charge < -0.3 is 10.2 Å². The number of amides is 1. The Bertz CT molecular complexity index is 864. The number of fused-ring (bicyclic) bond motifs is 1. The number of para-hydroxylation sites is 1. The van der Waals surface area contributed by atoms with E-state index >= 15 is 0 Å². The van der Waals surface area contributed by atoms with Gasteiger partial charge in [-0.3, -0.25) is 9.69 Å². The average molecular weight is 383 g/mol. The van der Waals surface area contributed by atoms with E-state index < -0.39 is 5.82 Å². The van der Waals surface area contributed by atoms with Crippen molar-refractivity contribution in [1.82, 2.24) is 14.9 Å². The Hall–Kier alpha value is -2.54. The van der Waals surface area contributed by atoms with E-state index in [1.54, 1.807) is 18.2 Å². The Morgan fingerprint density at radius 1 is 1.11 bits per heavy atom. The number of halogens is 1. The molecule has 1 aromatic carbocycles. The lowest BCUT2D eigenvalue weighted by molar-refractivity contribution is -0.117. The van der Waals surface area contributed by atoms with Crippen molar-refractivity contribution in [3.8, 4) is 0 Å². The van der Waals surface area contributed by atoms with Crippen molar-refractivity contribution in [2.75, 3.05) is 42.9 Å². The van der Waals surface area contributed by atoms with E-state index in [2.05, 4.69) is 20.1 Å². The molecule has 6 nitrogen and oxygen atoms in total. The van der Waals surface area contributed by atoms with Gasteiger partial charge in [0, 0.05) is 37.4 Å². The van der Waals surface area contributed by atoms with Gasteiger partial charge >= 0.3 is 0 Å². The number of hydrogen-bond donors (Lipinski definition) is 1. The van der Waals surface area contributed by atoms with Crippen LogP contribution in [0.25, 0.3) is 0 Å². The SMILES string of the molecule is Cc1nc2c(c(N3CCN(CC(=O)Nc4ccccc4F)CC3)n1)CCCC2. The second-order valence-corrected chi connectivity index (χ2v) is 7.52. The summed E-state index contributed by atoms with van der Waals surface area (Å²) >= 11 is 0. The molecule has 2 aliphatic rings. The van der Waals surface area contributed by atoms with Crippen molar-refractivity contribution in [3.63, 3.8) is 0 Å². The molecule has 7 heteroatoms. The third-order valence-electron chi connectivity index (χ3n) is 5.46. The second kappa shape index (κ2) is 8.22. The molecule has 1 aliphatic heterocycles. The third-order valence-corrected chi connectivity index (χ3v) is 5.46. The number of rotatable bonds is 4. The standard InChI is InChI=1S/C21H26FN5O/c1-15-23-18-8-4-2-6-16(18)21(24-15)27-12-10-26(11-13-27)14-20(28)25-19-9-5-3-7-17(19)22/h3,5,7,9H,2,4,6,8,10-14H2,1H3,(H,25,28). The first-order valence-electron chi connectivity index (χ1n) is 9.98. The summed E-state index contributed by atoms with van der Waals surface area (Å²) in [5.74, 6) is 1.32. The lowest BCUT2D eigenvalue weighted by Crippen LogP contribution is -2.49. The van der Waals surface area contributed by atoms with E-state index in [0.29, 0.717) is 0 Å². The molecule has 1 saturated heterocycles. The number of piperazine rings is 1. The fourth-order valence-electron chi connectivity index (χ4n) is 4.03. The van der Waals surface area contributed by atoms with E-state index in [0.717, 1.165) is 50.7 Å². The van der Waals surface area contributed by atoms with Crippen LogP contribution in [0.3, 0.4) is 0 Å². The lowest BCUT2D eigenvalue weighted by atomic mass is 9.96. The zero-order valence-corrected chi connectivity index (χ0v) is 16.2. The summed E-state index contributed by atoms with van der Waals surface area (Å²) in [6.07, 6.45) is 4.49. The van der Waals surface area contributed by atoms with Gasteiger partial charge in [-0.1, -0.05) is 12.1 Å². The molecule has 1 aliphatic carbocycles. The van der Waals surface area contributed by atoms with E-state index in [1.165, 1.54) is 30.2 Å². The Labute approximate surface area is 164 Å². The van der Waals surface area contributed by atoms with Crippen LogP contribution in [-0.4, -0.2) is 53.5 Å². The van der Waals surface area contributed by atoms with Gasteiger partial charge in [0.25, 0.3) is 0 Å². The highest BCUT2D eigenvalue weighted by molar-refractivity contribution is 5.92. The zero-order chi connectivity index (χ0) is 19.5. The maximum atomic E-state index is 13.7. The van der Waals surface area contributed by atoms with Gasteiger partial charge in [0.15, 0.2) is 0 Å². The quantitative estimate of drug-likeness (QED) is 0.879. The number of benzene rings is 1. The molecule has 1 aromatic heterocycles. The van der Waals surface area contributed by atoms with Crippen LogP contribution in [0.4, 0.5) is 15.9 Å². The molecule has 2 heterocycles. The average Bonchev–Trinajstić information content (AvgIpc) is 2.70. The summed E-state index contributed by atoms with van der Waals surface area (Å²) in [5.41, 5.74) is 2.75. The number of aromatic nitrogens is 2. The normalized spacial score (nSPS) is 17.3. The maximum absolute atomic E-state index is 13.7. The summed E-state index contributed by atoms with van der Waals surface area (Å²) in [7, 11) is 0. The topological polar surface area (TPSA) is 61.4 Å². The molecule has 0 unspecified atom stereocenters. The largest absolute Gasteiger partial charge is 0.354 e. The third kappa shape index (κ3) is 4.14. The van der Waals surface area contributed by atoms with Gasteiger partial charge in [0.05, 0.1) is 12.2 Å². The number of nitrogens with zero attached hydrogens (tertiary/aromatic N) is 4. The second-order valence-electron chi connectivity index (χ2n) is 7.52. The molecule has 1 amide bonds. The van der Waals surface area contributed by atoms with E-state index in [-0.39, 0.29) is 18.1 Å². The maximum Gasteiger partial charge on any atom is 0.238 e. The van der Waals surface area contributed by atoms with Crippen LogP contribution in [0.2, 0.25) is 0 Å². The minimum Gasteiger partial charge on any atom is -0.354 e. The van der Waals surface area contributed by atoms with Gasteiger partial charge in [-0.2, -0.15) is 0 Å². The Balaban J connectivity index is 1.36. The number of hydrogen-bond acceptors (Lipinski definition) is 5. The molecule has 2 aromatic rings. The molecule has 0 saturated carbocycles. The fourth-order valence-corrected chi connectivity index (χ4v) is 4.03. The molecule has 1 fully saturated rings. The van der Waals surface area contributed by atoms with Crippen LogP contribution in [-0.2, 0) is 17.6 Å². The fraction of sp³-hybridized carbons (Fsp3) is 0.476. The van der Waals surface area contributed by atoms with E-state index in [1.807, 2.05) is 6.92 Å². The summed E-state index contributed by atoms with van der Waals surface area (Å²) < 4.78 is 13.7. The van der Waals surface area contributed by atoms with Crippen LogP contribution >= 0.6 is 0 Å². The molecule has 0 radical (unpaired) electrons. The van der Waals surface area contributed by atoms with Gasteiger partial charge in [-0.25, -0.2) is 14.4 Å². The minimum absolute atomic E-state index is 0.186. The molecule has 0 atom stereocenters. The first-order chi connectivity index (χ1) is 13.6. The van der Waals surface area contributed by atoms with Gasteiger partial charge in [0.1, 0.15) is 17.5 Å². The van der Waals surface area contributed by atoms with Crippen molar-refractivity contribution < 1.29 is 9.18 Å². The van der Waals surface area contributed by atoms with Crippen molar-refractivity contribution in [2.24, 2.45) is 0 Å². The van der Waals surface area contributed by atoms with Crippen molar-refractivity contribution >= 4 is 17.4 Å². The number of carbonyl (C=O) groups excluding carboxylic acids is 1. The lowest BCUT2D eigenvalue weighted by Gasteiger charge is -2.36. The summed E-state index contributed by atoms with van der Waals surface area (Å²) in [4.78, 5) is 26.1. The molecule has 0 bridgehead atoms. The van der Waals surface area contributed by atoms with Gasteiger partial charge in [-0.05, 0) is 44.7 Å². The highest BCUT2D eigenvalue weighted by Crippen LogP contribution is 2.28. The smallest absolute Gasteiger partial charge is 0.238 e. The summed E-state index contributed by atoms with van der Waals surface area (Å²) in [6, 6.07) is 6.24. The molecule has 148 valence electrons. The number of aryl methyl sites for hydroxylation is 2. The molecule has 4 rings (SSSR count). The summed E-state index contributed by atoms with van der Waals surface area (Å²) in [6.45, 7) is 5.45. The highest BCUT2D eigenvalue weighted by atomic mass is 19.1. The first kappa shape index (κ1) is 18.8. The Kier molecular flexibility index (Phi) is 5.52. The predicted molar refractivity (Wildman–Crippen MR) is 107 cm³/mol. The first-order valence-corrected chi connectivity index (χ1v) is 9.98. The summed E-state index contributed by atoms with van der Waals surface area (Å²) in [5, 5.41) is 2.66. The van der Waals surface area contributed by atoms with Crippen molar-refractivity contribution in [3.05, 3.63) is 47.2 Å². The molecule has 0 spiro atoms.